The van der Waals surface area contributed by atoms with Crippen molar-refractivity contribution in [1.82, 2.24) is 10.2 Å². The number of amides is 1. The van der Waals surface area contributed by atoms with Gasteiger partial charge in [-0.25, -0.2) is 0 Å². The van der Waals surface area contributed by atoms with Crippen LogP contribution in [0.25, 0.3) is 11.0 Å². The van der Waals surface area contributed by atoms with Crippen LogP contribution in [0.15, 0.2) is 22.6 Å². The van der Waals surface area contributed by atoms with Gasteiger partial charge in [0, 0.05) is 45.7 Å². The minimum Gasteiger partial charge on any atom is -0.449 e. The molecule has 1 saturated heterocycles. The Morgan fingerprint density at radius 1 is 1.27 bits per heavy atom. The van der Waals surface area contributed by atoms with Gasteiger partial charge in [-0.2, -0.15) is 0 Å². The Labute approximate surface area is 130 Å². The Bertz CT molecular complexity index is 685. The highest BCUT2D eigenvalue weighted by Gasteiger charge is 2.20. The summed E-state index contributed by atoms with van der Waals surface area (Å²) in [5.74, 6) is 0.310. The molecule has 3 rings (SSSR count). The molecule has 0 bridgehead atoms. The average molecular weight is 301 g/mol. The molecule has 1 N–H and O–H groups in total. The first-order chi connectivity index (χ1) is 10.6. The van der Waals surface area contributed by atoms with Crippen molar-refractivity contribution in [3.63, 3.8) is 0 Å². The zero-order chi connectivity index (χ0) is 15.7. The highest BCUT2D eigenvalue weighted by Crippen LogP contribution is 2.32. The van der Waals surface area contributed by atoms with Crippen LogP contribution in [0.5, 0.6) is 0 Å². The molecular formula is C17H23N3O2. The smallest absolute Gasteiger partial charge is 0.289 e. The number of carbonyl (C=O) groups excluding carboxylic acids is 1. The normalized spacial score (nSPS) is 15.3. The van der Waals surface area contributed by atoms with Gasteiger partial charge in [-0.1, -0.05) is 6.92 Å². The molecule has 1 aromatic carbocycles. The summed E-state index contributed by atoms with van der Waals surface area (Å²) in [6.45, 7) is 6.01. The van der Waals surface area contributed by atoms with E-state index in [0.29, 0.717) is 5.76 Å². The van der Waals surface area contributed by atoms with Gasteiger partial charge >= 0.3 is 0 Å². The molecule has 118 valence electrons. The largest absolute Gasteiger partial charge is 0.449 e. The molecule has 1 aliphatic rings. The number of fused-ring (bicyclic) bond motifs is 1. The lowest BCUT2D eigenvalue weighted by molar-refractivity contribution is 0.0799. The third-order valence-corrected chi connectivity index (χ3v) is 4.14. The fraction of sp³-hybridized carbons (Fsp3) is 0.471. The van der Waals surface area contributed by atoms with E-state index in [0.717, 1.165) is 49.3 Å². The van der Waals surface area contributed by atoms with Crippen LogP contribution < -0.4 is 10.2 Å². The van der Waals surface area contributed by atoms with Crippen LogP contribution in [-0.2, 0) is 6.42 Å². The van der Waals surface area contributed by atoms with Crippen molar-refractivity contribution in [2.45, 2.75) is 13.3 Å². The molecule has 5 heteroatoms. The van der Waals surface area contributed by atoms with Crippen molar-refractivity contribution in [2.75, 3.05) is 45.2 Å². The highest BCUT2D eigenvalue weighted by atomic mass is 16.3. The zero-order valence-electron chi connectivity index (χ0n) is 13.5. The van der Waals surface area contributed by atoms with E-state index in [9.17, 15) is 4.79 Å². The number of hydrogen-bond acceptors (Lipinski definition) is 4. The number of furan rings is 1. The molecule has 0 saturated carbocycles. The van der Waals surface area contributed by atoms with Gasteiger partial charge in [-0.3, -0.25) is 4.79 Å². The van der Waals surface area contributed by atoms with E-state index in [1.165, 1.54) is 5.56 Å². The summed E-state index contributed by atoms with van der Waals surface area (Å²) in [6, 6.07) is 6.18. The first-order valence-corrected chi connectivity index (χ1v) is 7.84. The molecular weight excluding hydrogens is 278 g/mol. The summed E-state index contributed by atoms with van der Waals surface area (Å²) >= 11 is 0. The molecule has 0 spiro atoms. The van der Waals surface area contributed by atoms with E-state index in [1.54, 1.807) is 19.0 Å². The number of carbonyl (C=O) groups is 1. The Kier molecular flexibility index (Phi) is 4.07. The molecule has 2 heterocycles. The van der Waals surface area contributed by atoms with Crippen molar-refractivity contribution in [1.29, 1.82) is 0 Å². The standard InChI is InChI=1S/C17H23N3O2/c1-4-12-9-13-11-15(17(21)19(2)3)22-16(13)14(10-12)20-7-5-18-6-8-20/h9-11,18H,4-8H2,1-3H3. The van der Waals surface area contributed by atoms with E-state index >= 15 is 0 Å². The fourth-order valence-corrected chi connectivity index (χ4v) is 2.87. The summed E-state index contributed by atoms with van der Waals surface area (Å²) in [5, 5.41) is 4.38. The van der Waals surface area contributed by atoms with E-state index in [2.05, 4.69) is 29.3 Å². The molecule has 5 nitrogen and oxygen atoms in total. The molecule has 0 radical (unpaired) electrons. The summed E-state index contributed by atoms with van der Waals surface area (Å²) < 4.78 is 5.92. The maximum absolute atomic E-state index is 12.2. The molecule has 1 aliphatic heterocycles. The maximum atomic E-state index is 12.2. The second-order valence-corrected chi connectivity index (χ2v) is 5.93. The van der Waals surface area contributed by atoms with Crippen LogP contribution in [0.4, 0.5) is 5.69 Å². The monoisotopic (exact) mass is 301 g/mol. The maximum Gasteiger partial charge on any atom is 0.289 e. The Morgan fingerprint density at radius 2 is 2.00 bits per heavy atom. The van der Waals surface area contributed by atoms with Crippen molar-refractivity contribution >= 4 is 22.6 Å². The van der Waals surface area contributed by atoms with Crippen molar-refractivity contribution in [2.24, 2.45) is 0 Å². The number of nitrogens with one attached hydrogen (secondary N) is 1. The molecule has 1 aromatic heterocycles. The van der Waals surface area contributed by atoms with Gasteiger partial charge in [-0.15, -0.1) is 0 Å². The summed E-state index contributed by atoms with van der Waals surface area (Å²) in [7, 11) is 3.48. The van der Waals surface area contributed by atoms with Crippen molar-refractivity contribution in [3.05, 3.63) is 29.5 Å². The second kappa shape index (κ2) is 6.01. The Balaban J connectivity index is 2.10. The number of piperazine rings is 1. The van der Waals surface area contributed by atoms with Gasteiger partial charge in [0.05, 0.1) is 5.69 Å². The van der Waals surface area contributed by atoms with E-state index in [4.69, 9.17) is 4.42 Å². The number of benzene rings is 1. The summed E-state index contributed by atoms with van der Waals surface area (Å²) in [4.78, 5) is 16.0. The summed E-state index contributed by atoms with van der Waals surface area (Å²) in [5.41, 5.74) is 3.20. The lowest BCUT2D eigenvalue weighted by Gasteiger charge is -2.29. The molecule has 22 heavy (non-hydrogen) atoms. The molecule has 1 amide bonds. The topological polar surface area (TPSA) is 48.7 Å². The van der Waals surface area contributed by atoms with E-state index in [1.807, 2.05) is 6.07 Å². The van der Waals surface area contributed by atoms with Gasteiger partial charge < -0.3 is 19.5 Å². The third kappa shape index (κ3) is 2.68. The lowest BCUT2D eigenvalue weighted by atomic mass is 10.1. The van der Waals surface area contributed by atoms with Gasteiger partial charge in [0.1, 0.15) is 0 Å². The van der Waals surface area contributed by atoms with Crippen LogP contribution in [0.1, 0.15) is 23.0 Å². The van der Waals surface area contributed by atoms with Gasteiger partial charge in [0.15, 0.2) is 11.3 Å². The van der Waals surface area contributed by atoms with Crippen LogP contribution in [0.2, 0.25) is 0 Å². The second-order valence-electron chi connectivity index (χ2n) is 5.93. The number of aryl methyl sites for hydroxylation is 1. The average Bonchev–Trinajstić information content (AvgIpc) is 2.97. The van der Waals surface area contributed by atoms with Gasteiger partial charge in [-0.05, 0) is 30.2 Å². The van der Waals surface area contributed by atoms with Gasteiger partial charge in [0.2, 0.25) is 0 Å². The lowest BCUT2D eigenvalue weighted by Crippen LogP contribution is -2.43. The molecule has 0 aliphatic carbocycles. The fourth-order valence-electron chi connectivity index (χ4n) is 2.87. The number of hydrogen-bond donors (Lipinski definition) is 1. The molecule has 0 unspecified atom stereocenters. The van der Waals surface area contributed by atoms with E-state index in [-0.39, 0.29) is 5.91 Å². The third-order valence-electron chi connectivity index (χ3n) is 4.14. The highest BCUT2D eigenvalue weighted by molar-refractivity contribution is 5.99. The van der Waals surface area contributed by atoms with Crippen LogP contribution >= 0.6 is 0 Å². The number of nitrogens with zero attached hydrogens (tertiary/aromatic N) is 2. The first-order valence-electron chi connectivity index (χ1n) is 7.84. The number of rotatable bonds is 3. The minimum absolute atomic E-state index is 0.0968. The summed E-state index contributed by atoms with van der Waals surface area (Å²) in [6.07, 6.45) is 0.969. The van der Waals surface area contributed by atoms with Crippen LogP contribution in [0, 0.1) is 0 Å². The predicted molar refractivity (Wildman–Crippen MR) is 88.7 cm³/mol. The van der Waals surface area contributed by atoms with Crippen molar-refractivity contribution in [3.8, 4) is 0 Å². The van der Waals surface area contributed by atoms with E-state index < -0.39 is 0 Å². The van der Waals surface area contributed by atoms with Crippen molar-refractivity contribution < 1.29 is 9.21 Å². The van der Waals surface area contributed by atoms with Crippen LogP contribution in [0.3, 0.4) is 0 Å². The molecule has 2 aromatic rings. The predicted octanol–water partition coefficient (Wildman–Crippen LogP) is 2.11. The Morgan fingerprint density at radius 3 is 2.64 bits per heavy atom. The Hall–Kier alpha value is -2.01. The van der Waals surface area contributed by atoms with Gasteiger partial charge in [0.25, 0.3) is 5.91 Å². The van der Waals surface area contributed by atoms with Crippen LogP contribution in [-0.4, -0.2) is 51.1 Å². The number of anilines is 1. The quantitative estimate of drug-likeness (QED) is 0.943. The first kappa shape index (κ1) is 14.9. The minimum atomic E-state index is -0.0968. The SMILES string of the molecule is CCc1cc(N2CCNCC2)c2oc(C(=O)N(C)C)cc2c1. The molecule has 1 fully saturated rings. The zero-order valence-corrected chi connectivity index (χ0v) is 13.5. The molecule has 0 atom stereocenters.